The van der Waals surface area contributed by atoms with Crippen molar-refractivity contribution in [2.75, 3.05) is 6.16 Å². The van der Waals surface area contributed by atoms with Crippen LogP contribution in [-0.2, 0) is 9.36 Å². The van der Waals surface area contributed by atoms with Gasteiger partial charge in [0.05, 0.1) is 6.16 Å². The van der Waals surface area contributed by atoms with Gasteiger partial charge in [0.15, 0.2) is 0 Å². The molecule has 0 unspecified atom stereocenters. The number of hydrogen-bond donors (Lipinski definition) is 4. The van der Waals surface area contributed by atoms with Crippen molar-refractivity contribution in [2.24, 2.45) is 5.73 Å². The Kier molecular flexibility index (Phi) is 4.29. The van der Waals surface area contributed by atoms with Crippen LogP contribution in [0.1, 0.15) is 6.92 Å². The third kappa shape index (κ3) is 6.48. The van der Waals surface area contributed by atoms with Crippen LogP contribution in [0.25, 0.3) is 0 Å². The second kappa shape index (κ2) is 4.53. The second-order valence-electron chi connectivity index (χ2n) is 2.70. The molecule has 76 valence electrons. The lowest BCUT2D eigenvalue weighted by Gasteiger charge is -2.05. The molecule has 0 aliphatic rings. The normalized spacial score (nSPS) is 15.5. The predicted octanol–water partition coefficient (Wildman–Crippen LogP) is -0.478. The molecule has 0 fully saturated rings. The zero-order chi connectivity index (χ0) is 10.6. The fraction of sp³-hybridized carbons (Fsp3) is 0.500. The van der Waals surface area contributed by atoms with E-state index >= 15 is 0 Å². The molecule has 0 heterocycles. The summed E-state index contributed by atoms with van der Waals surface area (Å²) in [5, 5.41) is 8.37. The van der Waals surface area contributed by atoms with Gasteiger partial charge in [0.25, 0.3) is 0 Å². The standard InChI is InChI=1S/C6H12NO5P/c1-4(3-13(10,11)12)2-5(7)6(8)9/h2,5H,3,7H2,1H3,(H,8,9)(H2,10,11,12)/t5-/m0/s1. The maximum Gasteiger partial charge on any atom is 0.329 e. The zero-order valence-electron chi connectivity index (χ0n) is 7.04. The highest BCUT2D eigenvalue weighted by Gasteiger charge is 2.15. The quantitative estimate of drug-likeness (QED) is 0.366. The van der Waals surface area contributed by atoms with Crippen LogP contribution < -0.4 is 5.73 Å². The summed E-state index contributed by atoms with van der Waals surface area (Å²) in [6.45, 7) is 1.42. The van der Waals surface area contributed by atoms with E-state index < -0.39 is 25.8 Å². The van der Waals surface area contributed by atoms with Crippen molar-refractivity contribution in [3.8, 4) is 0 Å². The van der Waals surface area contributed by atoms with E-state index in [1.54, 1.807) is 0 Å². The van der Waals surface area contributed by atoms with E-state index in [4.69, 9.17) is 20.6 Å². The van der Waals surface area contributed by atoms with Crippen molar-refractivity contribution in [3.63, 3.8) is 0 Å². The molecule has 0 saturated heterocycles. The largest absolute Gasteiger partial charge is 0.480 e. The maximum absolute atomic E-state index is 10.5. The second-order valence-corrected chi connectivity index (χ2v) is 4.35. The van der Waals surface area contributed by atoms with Crippen LogP contribution in [0.4, 0.5) is 0 Å². The van der Waals surface area contributed by atoms with Gasteiger partial charge in [0.2, 0.25) is 0 Å². The topological polar surface area (TPSA) is 121 Å². The molecule has 7 heteroatoms. The Morgan fingerprint density at radius 1 is 1.62 bits per heavy atom. The van der Waals surface area contributed by atoms with Crippen LogP contribution in [-0.4, -0.2) is 33.1 Å². The molecule has 0 spiro atoms. The zero-order valence-corrected chi connectivity index (χ0v) is 7.94. The van der Waals surface area contributed by atoms with Crippen molar-refractivity contribution in [1.29, 1.82) is 0 Å². The van der Waals surface area contributed by atoms with Gasteiger partial charge >= 0.3 is 13.6 Å². The van der Waals surface area contributed by atoms with Crippen molar-refractivity contribution in [3.05, 3.63) is 11.6 Å². The molecule has 0 aliphatic heterocycles. The summed E-state index contributed by atoms with van der Waals surface area (Å²) in [6, 6.07) is -1.22. The monoisotopic (exact) mass is 209 g/mol. The first kappa shape index (κ1) is 12.3. The minimum atomic E-state index is -4.13. The van der Waals surface area contributed by atoms with Crippen molar-refractivity contribution >= 4 is 13.6 Å². The Balaban J connectivity index is 4.34. The van der Waals surface area contributed by atoms with Gasteiger partial charge in [0.1, 0.15) is 6.04 Å². The molecule has 0 aromatic rings. The van der Waals surface area contributed by atoms with Crippen molar-refractivity contribution < 1.29 is 24.3 Å². The van der Waals surface area contributed by atoms with E-state index in [1.165, 1.54) is 6.92 Å². The first-order valence-electron chi connectivity index (χ1n) is 3.42. The summed E-state index contributed by atoms with van der Waals surface area (Å²) in [7, 11) is -4.13. The van der Waals surface area contributed by atoms with Crippen LogP contribution in [0, 0.1) is 0 Å². The van der Waals surface area contributed by atoms with Gasteiger partial charge in [-0.3, -0.25) is 9.36 Å². The molecule has 1 atom stereocenters. The number of hydrogen-bond acceptors (Lipinski definition) is 3. The first-order valence-corrected chi connectivity index (χ1v) is 5.22. The summed E-state index contributed by atoms with van der Waals surface area (Å²) >= 11 is 0. The van der Waals surface area contributed by atoms with Crippen LogP contribution in [0.15, 0.2) is 11.6 Å². The number of carboxylic acid groups (broad SMARTS) is 1. The summed E-state index contributed by atoms with van der Waals surface area (Å²) in [5.74, 6) is -1.23. The molecule has 0 aromatic carbocycles. The van der Waals surface area contributed by atoms with Crippen LogP contribution in [0.2, 0.25) is 0 Å². The third-order valence-electron chi connectivity index (χ3n) is 1.20. The van der Waals surface area contributed by atoms with E-state index in [-0.39, 0.29) is 5.57 Å². The molecule has 0 rings (SSSR count). The Bertz CT molecular complexity index is 268. The molecule has 0 aromatic heterocycles. The fourth-order valence-electron chi connectivity index (χ4n) is 0.755. The maximum atomic E-state index is 10.5. The highest BCUT2D eigenvalue weighted by atomic mass is 31.2. The summed E-state index contributed by atoms with van der Waals surface area (Å²) in [4.78, 5) is 27.3. The number of allylic oxidation sites excluding steroid dienone is 1. The molecular weight excluding hydrogens is 197 g/mol. The van der Waals surface area contributed by atoms with E-state index in [0.29, 0.717) is 0 Å². The van der Waals surface area contributed by atoms with E-state index in [2.05, 4.69) is 0 Å². The molecule has 0 saturated carbocycles. The Hall–Kier alpha value is -0.680. The van der Waals surface area contributed by atoms with Crippen LogP contribution in [0.5, 0.6) is 0 Å². The molecule has 0 amide bonds. The molecule has 6 nitrogen and oxygen atoms in total. The SMILES string of the molecule is CC(=C[C@H](N)C(=O)O)CP(=O)(O)O. The Morgan fingerprint density at radius 2 is 2.08 bits per heavy atom. The van der Waals surface area contributed by atoms with Gasteiger partial charge in [-0.25, -0.2) is 0 Å². The van der Waals surface area contributed by atoms with Crippen LogP contribution >= 0.6 is 7.60 Å². The summed E-state index contributed by atoms with van der Waals surface area (Å²) < 4.78 is 10.5. The van der Waals surface area contributed by atoms with Crippen LogP contribution in [0.3, 0.4) is 0 Å². The Morgan fingerprint density at radius 3 is 2.38 bits per heavy atom. The lowest BCUT2D eigenvalue weighted by Crippen LogP contribution is -2.28. The number of carboxylic acids is 1. The fourth-order valence-corrected chi connectivity index (χ4v) is 1.51. The average Bonchev–Trinajstić information content (AvgIpc) is 1.81. The lowest BCUT2D eigenvalue weighted by atomic mass is 10.2. The van der Waals surface area contributed by atoms with Crippen molar-refractivity contribution in [1.82, 2.24) is 0 Å². The lowest BCUT2D eigenvalue weighted by molar-refractivity contribution is -0.137. The Labute approximate surface area is 75.2 Å². The number of aliphatic carboxylic acids is 1. The van der Waals surface area contributed by atoms with E-state index in [9.17, 15) is 9.36 Å². The minimum absolute atomic E-state index is 0.267. The molecule has 13 heavy (non-hydrogen) atoms. The van der Waals surface area contributed by atoms with Gasteiger partial charge in [-0.1, -0.05) is 11.6 Å². The number of nitrogens with two attached hydrogens (primary N) is 1. The van der Waals surface area contributed by atoms with E-state index in [1.807, 2.05) is 0 Å². The van der Waals surface area contributed by atoms with Gasteiger partial charge in [-0.05, 0) is 6.92 Å². The van der Waals surface area contributed by atoms with Crippen molar-refractivity contribution in [2.45, 2.75) is 13.0 Å². The molecule has 5 N–H and O–H groups in total. The van der Waals surface area contributed by atoms with Gasteiger partial charge in [0, 0.05) is 0 Å². The minimum Gasteiger partial charge on any atom is -0.480 e. The molecule has 0 aliphatic carbocycles. The van der Waals surface area contributed by atoms with Gasteiger partial charge in [-0.2, -0.15) is 0 Å². The smallest absolute Gasteiger partial charge is 0.329 e. The molecule has 0 bridgehead atoms. The highest BCUT2D eigenvalue weighted by Crippen LogP contribution is 2.36. The average molecular weight is 209 g/mol. The van der Waals surface area contributed by atoms with Gasteiger partial charge in [-0.15, -0.1) is 0 Å². The third-order valence-corrected chi connectivity index (χ3v) is 2.12. The molecule has 0 radical (unpaired) electrons. The number of rotatable bonds is 4. The molecular formula is C6H12NO5P. The van der Waals surface area contributed by atoms with Gasteiger partial charge < -0.3 is 20.6 Å². The predicted molar refractivity (Wildman–Crippen MR) is 46.3 cm³/mol. The highest BCUT2D eigenvalue weighted by molar-refractivity contribution is 7.52. The summed E-state index contributed by atoms with van der Waals surface area (Å²) in [6.07, 6.45) is 0.648. The first-order chi connectivity index (χ1) is 5.72. The number of carbonyl (C=O) groups is 1. The summed E-state index contributed by atoms with van der Waals surface area (Å²) in [5.41, 5.74) is 5.37. The van der Waals surface area contributed by atoms with E-state index in [0.717, 1.165) is 6.08 Å².